The van der Waals surface area contributed by atoms with Crippen molar-refractivity contribution >= 4 is 40.8 Å². The van der Waals surface area contributed by atoms with E-state index in [9.17, 15) is 14.0 Å². The van der Waals surface area contributed by atoms with Gasteiger partial charge in [0.25, 0.3) is 5.91 Å². The molecule has 1 fully saturated rings. The highest BCUT2D eigenvalue weighted by atomic mass is 35.5. The topological polar surface area (TPSA) is 88.3 Å². The lowest BCUT2D eigenvalue weighted by atomic mass is 9.95. The molecule has 1 aromatic carbocycles. The molecule has 0 unspecified atom stereocenters. The zero-order chi connectivity index (χ0) is 22.8. The van der Waals surface area contributed by atoms with Gasteiger partial charge in [-0.15, -0.1) is 0 Å². The summed E-state index contributed by atoms with van der Waals surface area (Å²) in [7, 11) is 0. The van der Waals surface area contributed by atoms with Crippen molar-refractivity contribution in [1.29, 1.82) is 0 Å². The lowest BCUT2D eigenvalue weighted by Crippen LogP contribution is -2.41. The molecule has 2 amide bonds. The van der Waals surface area contributed by atoms with E-state index in [-0.39, 0.29) is 45.3 Å². The Morgan fingerprint density at radius 2 is 1.94 bits per heavy atom. The van der Waals surface area contributed by atoms with Crippen LogP contribution < -0.4 is 5.32 Å². The average molecular weight is 477 g/mol. The van der Waals surface area contributed by atoms with Crippen molar-refractivity contribution in [3.8, 4) is 11.3 Å². The number of likely N-dealkylation sites (tertiary alicyclic amines) is 1. The number of hydrogen-bond donors (Lipinski definition) is 1. The van der Waals surface area contributed by atoms with E-state index >= 15 is 0 Å². The number of nitrogens with one attached hydrogen (secondary N) is 1. The lowest BCUT2D eigenvalue weighted by Gasteiger charge is -2.31. The zero-order valence-corrected chi connectivity index (χ0v) is 18.6. The van der Waals surface area contributed by atoms with Crippen molar-refractivity contribution in [2.75, 3.05) is 18.4 Å². The van der Waals surface area contributed by atoms with Crippen LogP contribution in [-0.4, -0.2) is 39.9 Å². The van der Waals surface area contributed by atoms with Crippen LogP contribution >= 0.6 is 23.2 Å². The smallest absolute Gasteiger partial charge is 0.259 e. The van der Waals surface area contributed by atoms with Gasteiger partial charge in [-0.05, 0) is 44.0 Å². The van der Waals surface area contributed by atoms with Crippen LogP contribution in [-0.2, 0) is 4.79 Å². The van der Waals surface area contributed by atoms with Gasteiger partial charge in [-0.25, -0.2) is 9.37 Å². The molecule has 0 spiro atoms. The van der Waals surface area contributed by atoms with Crippen LogP contribution in [0.1, 0.15) is 29.0 Å². The van der Waals surface area contributed by atoms with Gasteiger partial charge in [0.05, 0.1) is 15.6 Å². The fraction of sp³-hybridized carbons (Fsp3) is 0.273. The Labute approximate surface area is 193 Å². The van der Waals surface area contributed by atoms with Crippen molar-refractivity contribution in [2.45, 2.75) is 19.8 Å². The molecule has 32 heavy (non-hydrogen) atoms. The zero-order valence-electron chi connectivity index (χ0n) is 17.1. The average Bonchev–Trinajstić information content (AvgIpc) is 3.15. The van der Waals surface area contributed by atoms with Crippen molar-refractivity contribution < 1.29 is 18.5 Å². The van der Waals surface area contributed by atoms with Crippen molar-refractivity contribution in [1.82, 2.24) is 15.0 Å². The Morgan fingerprint density at radius 1 is 1.19 bits per heavy atom. The minimum absolute atomic E-state index is 0.0269. The van der Waals surface area contributed by atoms with E-state index in [2.05, 4.69) is 15.5 Å². The number of amides is 2. The highest BCUT2D eigenvalue weighted by molar-refractivity contribution is 6.33. The van der Waals surface area contributed by atoms with Gasteiger partial charge in [-0.3, -0.25) is 9.59 Å². The molecule has 1 aliphatic heterocycles. The molecule has 1 aliphatic rings. The Kier molecular flexibility index (Phi) is 6.43. The predicted molar refractivity (Wildman–Crippen MR) is 118 cm³/mol. The summed E-state index contributed by atoms with van der Waals surface area (Å²) in [4.78, 5) is 31.5. The Bertz CT molecular complexity index is 1140. The Balaban J connectivity index is 1.46. The van der Waals surface area contributed by atoms with Gasteiger partial charge in [0.1, 0.15) is 28.7 Å². The van der Waals surface area contributed by atoms with E-state index in [1.54, 1.807) is 24.0 Å². The van der Waals surface area contributed by atoms with E-state index < -0.39 is 5.82 Å². The maximum absolute atomic E-state index is 14.4. The minimum atomic E-state index is -0.592. The maximum Gasteiger partial charge on any atom is 0.259 e. The first kappa shape index (κ1) is 22.2. The number of pyridine rings is 1. The van der Waals surface area contributed by atoms with E-state index in [0.29, 0.717) is 36.8 Å². The van der Waals surface area contributed by atoms with Crippen LogP contribution in [0.5, 0.6) is 0 Å². The second kappa shape index (κ2) is 9.26. The highest BCUT2D eigenvalue weighted by Crippen LogP contribution is 2.34. The summed E-state index contributed by atoms with van der Waals surface area (Å²) in [5, 5.41) is 7.28. The molecule has 2 aromatic heterocycles. The molecule has 4 rings (SSSR count). The first-order valence-corrected chi connectivity index (χ1v) is 10.7. The third-order valence-electron chi connectivity index (χ3n) is 5.41. The molecule has 1 saturated heterocycles. The summed E-state index contributed by atoms with van der Waals surface area (Å²) < 4.78 is 19.6. The van der Waals surface area contributed by atoms with E-state index in [4.69, 9.17) is 27.7 Å². The molecule has 7 nitrogen and oxygen atoms in total. The molecule has 1 N–H and O–H groups in total. The van der Waals surface area contributed by atoms with Crippen molar-refractivity contribution in [3.05, 3.63) is 63.7 Å². The molecule has 0 radical (unpaired) electrons. The summed E-state index contributed by atoms with van der Waals surface area (Å²) in [6.07, 6.45) is 2.41. The van der Waals surface area contributed by atoms with Crippen molar-refractivity contribution in [3.63, 3.8) is 0 Å². The molecule has 10 heteroatoms. The second-order valence-corrected chi connectivity index (χ2v) is 8.32. The standard InChI is InChI=1S/C22H19Cl2FN4O3/c1-12-18(20(28-32-12)19-15(24)3-2-4-16(19)25)22(31)29-9-7-13(8-10-29)21(30)27-17-6-5-14(23)11-26-17/h2-6,11,13H,7-10H2,1H3,(H,26,27,30). The molecule has 0 atom stereocenters. The van der Waals surface area contributed by atoms with Crippen molar-refractivity contribution in [2.24, 2.45) is 5.92 Å². The van der Waals surface area contributed by atoms with Gasteiger partial charge in [-0.1, -0.05) is 34.4 Å². The number of benzene rings is 1. The van der Waals surface area contributed by atoms with Crippen LogP contribution in [0.2, 0.25) is 10.0 Å². The van der Waals surface area contributed by atoms with Crippen LogP contribution in [0.15, 0.2) is 41.1 Å². The van der Waals surface area contributed by atoms with Gasteiger partial charge in [0, 0.05) is 25.2 Å². The molecule has 0 saturated carbocycles. The second-order valence-electron chi connectivity index (χ2n) is 7.48. The third-order valence-corrected chi connectivity index (χ3v) is 5.95. The third kappa shape index (κ3) is 4.47. The first-order valence-electron chi connectivity index (χ1n) is 9.97. The number of rotatable bonds is 4. The van der Waals surface area contributed by atoms with Gasteiger partial charge in [0.15, 0.2) is 0 Å². The van der Waals surface area contributed by atoms with Crippen LogP contribution in [0, 0.1) is 18.7 Å². The SMILES string of the molecule is Cc1onc(-c2c(F)cccc2Cl)c1C(=O)N1CCC(C(=O)Nc2ccc(Cl)cn2)CC1. The monoisotopic (exact) mass is 476 g/mol. The summed E-state index contributed by atoms with van der Waals surface area (Å²) in [5.41, 5.74) is 0.272. The van der Waals surface area contributed by atoms with Gasteiger partial charge in [0.2, 0.25) is 5.91 Å². The maximum atomic E-state index is 14.4. The first-order chi connectivity index (χ1) is 15.3. The molecule has 3 aromatic rings. The number of piperidine rings is 1. The molecular weight excluding hydrogens is 458 g/mol. The molecular formula is C22H19Cl2FN4O3. The predicted octanol–water partition coefficient (Wildman–Crippen LogP) is 4.98. The summed E-state index contributed by atoms with van der Waals surface area (Å²) in [5.74, 6) is -0.655. The minimum Gasteiger partial charge on any atom is -0.360 e. The summed E-state index contributed by atoms with van der Waals surface area (Å²) in [6.45, 7) is 2.32. The van der Waals surface area contributed by atoms with Crippen LogP contribution in [0.25, 0.3) is 11.3 Å². The van der Waals surface area contributed by atoms with E-state index in [0.717, 1.165) is 0 Å². The number of anilines is 1. The van der Waals surface area contributed by atoms with Gasteiger partial charge in [-0.2, -0.15) is 0 Å². The van der Waals surface area contributed by atoms with Gasteiger partial charge >= 0.3 is 0 Å². The van der Waals surface area contributed by atoms with E-state index in [1.165, 1.54) is 24.4 Å². The Hall–Kier alpha value is -2.97. The lowest BCUT2D eigenvalue weighted by molar-refractivity contribution is -0.121. The van der Waals surface area contributed by atoms with Crippen LogP contribution in [0.3, 0.4) is 0 Å². The fourth-order valence-corrected chi connectivity index (χ4v) is 4.06. The molecule has 0 aliphatic carbocycles. The normalized spacial score (nSPS) is 14.4. The number of carbonyl (C=O) groups is 2. The fourth-order valence-electron chi connectivity index (χ4n) is 3.70. The molecule has 3 heterocycles. The molecule has 166 valence electrons. The Morgan fingerprint density at radius 3 is 2.59 bits per heavy atom. The van der Waals surface area contributed by atoms with Gasteiger partial charge < -0.3 is 14.7 Å². The van der Waals surface area contributed by atoms with E-state index in [1.807, 2.05) is 0 Å². The number of hydrogen-bond acceptors (Lipinski definition) is 5. The number of aryl methyl sites for hydroxylation is 1. The largest absolute Gasteiger partial charge is 0.360 e. The highest BCUT2D eigenvalue weighted by Gasteiger charge is 2.32. The summed E-state index contributed by atoms with van der Waals surface area (Å²) >= 11 is 12.0. The molecule has 0 bridgehead atoms. The summed E-state index contributed by atoms with van der Waals surface area (Å²) in [6, 6.07) is 7.52. The number of carbonyl (C=O) groups excluding carboxylic acids is 2. The number of nitrogens with zero attached hydrogens (tertiary/aromatic N) is 3. The number of halogens is 3. The number of aromatic nitrogens is 2. The van der Waals surface area contributed by atoms with Crippen LogP contribution in [0.4, 0.5) is 10.2 Å². The quantitative estimate of drug-likeness (QED) is 0.573.